The van der Waals surface area contributed by atoms with Crippen LogP contribution in [0.1, 0.15) is 65.2 Å². The Morgan fingerprint density at radius 2 is 1.82 bits per heavy atom. The second-order valence-corrected chi connectivity index (χ2v) is 12.7. The average molecular weight is 473 g/mol. The van der Waals surface area contributed by atoms with Gasteiger partial charge in [-0.05, 0) is 74.2 Å². The molecule has 6 atom stereocenters. The lowest BCUT2D eigenvalue weighted by molar-refractivity contribution is -0.385. The van der Waals surface area contributed by atoms with Gasteiger partial charge in [-0.3, -0.25) is 14.9 Å². The first-order valence-electron chi connectivity index (χ1n) is 12.0. The van der Waals surface area contributed by atoms with Crippen molar-refractivity contribution in [3.8, 4) is 0 Å². The molecule has 3 saturated carbocycles. The number of nitrogens with zero attached hydrogens (tertiary/aromatic N) is 1. The summed E-state index contributed by atoms with van der Waals surface area (Å²) in [5.41, 5.74) is 1.02. The van der Waals surface area contributed by atoms with E-state index >= 15 is 0 Å². The Morgan fingerprint density at radius 3 is 2.58 bits per heavy atom. The molecule has 1 aromatic carbocycles. The molecule has 0 aromatic heterocycles. The summed E-state index contributed by atoms with van der Waals surface area (Å²) in [6.45, 7) is 4.53. The van der Waals surface area contributed by atoms with Crippen LogP contribution in [0.2, 0.25) is 0 Å². The van der Waals surface area contributed by atoms with Crippen LogP contribution in [0, 0.1) is 38.7 Å². The van der Waals surface area contributed by atoms with Crippen molar-refractivity contribution in [2.24, 2.45) is 28.6 Å². The lowest BCUT2D eigenvalue weighted by Crippen LogP contribution is -2.51. The third-order valence-corrected chi connectivity index (χ3v) is 11.0. The molecule has 7 nitrogen and oxygen atoms in total. The maximum atomic E-state index is 12.9. The van der Waals surface area contributed by atoms with E-state index in [0.717, 1.165) is 51.0 Å². The van der Waals surface area contributed by atoms with Crippen LogP contribution in [-0.4, -0.2) is 25.2 Å². The number of hydrogen-bond donors (Lipinski definition) is 1. The predicted molar refractivity (Wildman–Crippen MR) is 124 cm³/mol. The van der Waals surface area contributed by atoms with Crippen molar-refractivity contribution in [3.63, 3.8) is 0 Å². The zero-order valence-electron chi connectivity index (χ0n) is 19.2. The van der Waals surface area contributed by atoms with E-state index in [-0.39, 0.29) is 27.5 Å². The lowest BCUT2D eigenvalue weighted by Gasteiger charge is -2.57. The molecule has 0 saturated heterocycles. The van der Waals surface area contributed by atoms with Crippen molar-refractivity contribution in [2.75, 3.05) is 0 Å². The highest BCUT2D eigenvalue weighted by atomic mass is 32.2. The quantitative estimate of drug-likeness (QED) is 0.386. The summed E-state index contributed by atoms with van der Waals surface area (Å²) in [6.07, 6.45) is 9.43. The summed E-state index contributed by atoms with van der Waals surface area (Å²) < 4.78 is 28.7. The van der Waals surface area contributed by atoms with Crippen LogP contribution in [0.5, 0.6) is 0 Å². The number of non-ortho nitro benzene ring substituents is 1. The van der Waals surface area contributed by atoms with E-state index in [1.165, 1.54) is 23.8 Å². The summed E-state index contributed by atoms with van der Waals surface area (Å²) >= 11 is 0. The first-order chi connectivity index (χ1) is 15.5. The normalized spacial score (nSPS) is 38.1. The van der Waals surface area contributed by atoms with Crippen molar-refractivity contribution >= 4 is 21.5 Å². The van der Waals surface area contributed by atoms with Crippen molar-refractivity contribution in [3.05, 3.63) is 46.0 Å². The molecule has 3 fully saturated rings. The van der Waals surface area contributed by atoms with E-state index in [9.17, 15) is 23.3 Å². The van der Waals surface area contributed by atoms with Gasteiger partial charge in [-0.15, -0.1) is 0 Å². The highest BCUT2D eigenvalue weighted by Gasteiger charge is 2.58. The molecule has 4 aliphatic rings. The van der Waals surface area contributed by atoms with Gasteiger partial charge in [0.2, 0.25) is 10.0 Å². The number of carbonyl (C=O) groups is 1. The average Bonchev–Trinajstić information content (AvgIpc) is 3.08. The second-order valence-electron chi connectivity index (χ2n) is 11.0. The van der Waals surface area contributed by atoms with Gasteiger partial charge in [-0.1, -0.05) is 31.6 Å². The summed E-state index contributed by atoms with van der Waals surface area (Å²) in [4.78, 5) is 23.0. The van der Waals surface area contributed by atoms with Crippen LogP contribution in [0.15, 0.2) is 40.8 Å². The standard InChI is InChI=1S/C25H32N2O5S/c1-24-12-10-17(26-33(31,32)19-5-3-4-18(15-19)27(29)30)14-16(24)6-7-20-21-8-9-23(28)25(21,2)13-11-22(20)24/h3-6,15,17,20-22,26H,7-14H2,1-2H3/t17?,20-,21-,22+,24-,25-/m0/s1. The Labute approximate surface area is 195 Å². The summed E-state index contributed by atoms with van der Waals surface area (Å²) in [5.74, 6) is 2.02. The summed E-state index contributed by atoms with van der Waals surface area (Å²) in [5, 5.41) is 11.0. The number of ketones is 1. The largest absolute Gasteiger partial charge is 0.299 e. The molecule has 1 aromatic rings. The number of Topliss-reactive ketones (excluding diaryl/α,β-unsaturated/α-hetero) is 1. The highest BCUT2D eigenvalue weighted by molar-refractivity contribution is 7.89. The van der Waals surface area contributed by atoms with Gasteiger partial charge in [-0.2, -0.15) is 0 Å². The minimum absolute atomic E-state index is 0.0589. The SMILES string of the molecule is C[C@]12CCC(NS(=O)(=O)c3cccc([N+](=O)[O-])c3)CC1=CC[C@@H]1[C@H]2CC[C@]2(C)C(=O)CC[C@@H]12. The molecule has 0 radical (unpaired) electrons. The molecule has 5 rings (SSSR count). The number of hydrogen-bond acceptors (Lipinski definition) is 5. The van der Waals surface area contributed by atoms with E-state index in [4.69, 9.17) is 0 Å². The van der Waals surface area contributed by atoms with Gasteiger partial charge in [0, 0.05) is 30.0 Å². The Bertz CT molecular complexity index is 1150. The molecular formula is C25H32N2O5S. The Balaban J connectivity index is 1.34. The van der Waals surface area contributed by atoms with Gasteiger partial charge in [0.15, 0.2) is 0 Å². The molecule has 0 amide bonds. The number of nitrogens with one attached hydrogen (secondary N) is 1. The Morgan fingerprint density at radius 1 is 1.09 bits per heavy atom. The molecule has 0 spiro atoms. The molecule has 1 N–H and O–H groups in total. The zero-order chi connectivity index (χ0) is 23.6. The third kappa shape index (κ3) is 3.57. The van der Waals surface area contributed by atoms with Gasteiger partial charge in [0.05, 0.1) is 9.82 Å². The number of carbonyl (C=O) groups excluding carboxylic acids is 1. The topological polar surface area (TPSA) is 106 Å². The van der Waals surface area contributed by atoms with Crippen LogP contribution in [0.4, 0.5) is 5.69 Å². The number of nitro groups is 1. The Kier molecular flexibility index (Phi) is 5.32. The van der Waals surface area contributed by atoms with E-state index in [1.807, 2.05) is 0 Å². The predicted octanol–water partition coefficient (Wildman–Crippen LogP) is 4.77. The van der Waals surface area contributed by atoms with Gasteiger partial charge in [0.1, 0.15) is 5.78 Å². The van der Waals surface area contributed by atoms with Crippen LogP contribution in [0.3, 0.4) is 0 Å². The van der Waals surface area contributed by atoms with Crippen LogP contribution in [0.25, 0.3) is 0 Å². The molecule has 178 valence electrons. The van der Waals surface area contributed by atoms with Gasteiger partial charge in [-0.25, -0.2) is 13.1 Å². The number of rotatable bonds is 4. The summed E-state index contributed by atoms with van der Waals surface area (Å²) in [6, 6.07) is 4.99. The third-order valence-electron chi connectivity index (χ3n) is 9.47. The minimum Gasteiger partial charge on any atom is -0.299 e. The van der Waals surface area contributed by atoms with Gasteiger partial charge in [0.25, 0.3) is 5.69 Å². The van der Waals surface area contributed by atoms with E-state index in [0.29, 0.717) is 30.0 Å². The number of allylic oxidation sites excluding steroid dienone is 1. The second kappa shape index (κ2) is 7.73. The van der Waals surface area contributed by atoms with E-state index < -0.39 is 14.9 Å². The molecular weight excluding hydrogens is 440 g/mol. The lowest BCUT2D eigenvalue weighted by atomic mass is 9.48. The van der Waals surface area contributed by atoms with Gasteiger partial charge < -0.3 is 0 Å². The maximum Gasteiger partial charge on any atom is 0.270 e. The molecule has 0 aliphatic heterocycles. The van der Waals surface area contributed by atoms with Crippen LogP contribution >= 0.6 is 0 Å². The van der Waals surface area contributed by atoms with Crippen LogP contribution < -0.4 is 4.72 Å². The minimum atomic E-state index is -3.84. The Hall–Kier alpha value is -2.06. The molecule has 4 aliphatic carbocycles. The first kappa shape index (κ1) is 22.7. The fraction of sp³-hybridized carbons (Fsp3) is 0.640. The van der Waals surface area contributed by atoms with Crippen molar-refractivity contribution in [1.82, 2.24) is 4.72 Å². The number of benzene rings is 1. The number of fused-ring (bicyclic) bond motifs is 5. The summed E-state index contributed by atoms with van der Waals surface area (Å²) in [7, 11) is -3.84. The van der Waals surface area contributed by atoms with Crippen molar-refractivity contribution < 1.29 is 18.1 Å². The van der Waals surface area contributed by atoms with E-state index in [1.54, 1.807) is 0 Å². The maximum absolute atomic E-state index is 12.9. The van der Waals surface area contributed by atoms with Crippen LogP contribution in [-0.2, 0) is 14.8 Å². The van der Waals surface area contributed by atoms with E-state index in [2.05, 4.69) is 24.6 Å². The first-order valence-corrected chi connectivity index (χ1v) is 13.5. The number of sulfonamides is 1. The number of nitro benzene ring substituents is 1. The molecule has 33 heavy (non-hydrogen) atoms. The smallest absolute Gasteiger partial charge is 0.270 e. The molecule has 0 heterocycles. The monoisotopic (exact) mass is 472 g/mol. The zero-order valence-corrected chi connectivity index (χ0v) is 20.1. The highest BCUT2D eigenvalue weighted by Crippen LogP contribution is 2.63. The molecule has 0 bridgehead atoms. The van der Waals surface area contributed by atoms with Gasteiger partial charge >= 0.3 is 0 Å². The molecule has 8 heteroatoms. The molecule has 1 unspecified atom stereocenters. The fourth-order valence-electron chi connectivity index (χ4n) is 7.58. The fourth-order valence-corrected chi connectivity index (χ4v) is 8.89. The van der Waals surface area contributed by atoms with Crippen molar-refractivity contribution in [1.29, 1.82) is 0 Å². The van der Waals surface area contributed by atoms with Crippen molar-refractivity contribution in [2.45, 2.75) is 76.2 Å².